The summed E-state index contributed by atoms with van der Waals surface area (Å²) in [5.41, 5.74) is 44.9. The van der Waals surface area contributed by atoms with Gasteiger partial charge in [-0.2, -0.15) is 0 Å². The fourth-order valence-corrected chi connectivity index (χ4v) is 14.6. The van der Waals surface area contributed by atoms with E-state index in [1.165, 1.54) is 52.0 Å². The fourth-order valence-electron chi connectivity index (χ4n) is 14.6. The van der Waals surface area contributed by atoms with Gasteiger partial charge < -0.3 is 157 Å². The summed E-state index contributed by atoms with van der Waals surface area (Å²) in [5, 5.41) is 90.9. The first-order chi connectivity index (χ1) is 67.7. The van der Waals surface area contributed by atoms with E-state index in [2.05, 4.69) is 95.7 Å². The number of primary amides is 4. The molecule has 0 radical (unpaired) electrons. The number of nitrogens with one attached hydrogen (secondary N) is 20. The average Bonchev–Trinajstić information content (AvgIpc) is 0.840. The molecule has 53 heteroatoms. The van der Waals surface area contributed by atoms with Crippen LogP contribution in [0.1, 0.15) is 237 Å². The Labute approximate surface area is 843 Å². The van der Waals surface area contributed by atoms with Crippen molar-refractivity contribution in [3.8, 4) is 5.75 Å². The largest absolute Gasteiger partial charge is 0.508 e. The molecule has 0 aromatic heterocycles. The van der Waals surface area contributed by atoms with E-state index in [1.54, 1.807) is 55.4 Å². The van der Waals surface area contributed by atoms with E-state index in [0.717, 1.165) is 0 Å². The average molecular weight is 2060 g/mol. The maximum atomic E-state index is 15.1. The summed E-state index contributed by atoms with van der Waals surface area (Å²) in [4.78, 5) is 302. The van der Waals surface area contributed by atoms with Crippen molar-refractivity contribution in [2.75, 3.05) is 19.6 Å². The second-order valence-corrected chi connectivity index (χ2v) is 38.0. The molecule has 145 heavy (non-hydrogen) atoms. The molecule has 18 atom stereocenters. The molecule has 0 spiro atoms. The lowest BCUT2D eigenvalue weighted by atomic mass is 9.96. The number of carboxylic acids is 2. The minimum absolute atomic E-state index is 0.00293. The van der Waals surface area contributed by atoms with E-state index in [-0.39, 0.29) is 139 Å². The molecular formula is C92H158N28O25. The molecule has 0 fully saturated rings. The summed E-state index contributed by atoms with van der Waals surface area (Å²) in [6.07, 6.45) is -6.04. The van der Waals surface area contributed by atoms with Gasteiger partial charge in [-0.05, 0) is 170 Å². The van der Waals surface area contributed by atoms with E-state index in [4.69, 9.17) is 56.7 Å². The van der Waals surface area contributed by atoms with Gasteiger partial charge in [-0.15, -0.1) is 0 Å². The highest BCUT2D eigenvalue weighted by Gasteiger charge is 2.41. The summed E-state index contributed by atoms with van der Waals surface area (Å²) < 4.78 is 0. The molecule has 0 bridgehead atoms. The Morgan fingerprint density at radius 3 is 0.993 bits per heavy atom. The van der Waals surface area contributed by atoms with Crippen LogP contribution in [0, 0.1) is 46.3 Å². The monoisotopic (exact) mass is 2060 g/mol. The number of carbonyl (C=O) groups excluding carboxylic acids is 20. The van der Waals surface area contributed by atoms with Gasteiger partial charge in [0.1, 0.15) is 102 Å². The van der Waals surface area contributed by atoms with E-state index in [0.29, 0.717) is 0 Å². The summed E-state index contributed by atoms with van der Waals surface area (Å²) in [6.45, 7) is 22.6. The lowest BCUT2D eigenvalue weighted by molar-refractivity contribution is -0.142. The van der Waals surface area contributed by atoms with Crippen molar-refractivity contribution in [3.05, 3.63) is 29.8 Å². The number of carboxylic acid groups (broad SMARTS) is 2. The lowest BCUT2D eigenvalue weighted by Gasteiger charge is -2.30. The molecule has 0 aliphatic heterocycles. The standard InChI is InChI=1S/C92H158N28O25/c1-15-49(12)73(120-84(139)57(22-19-37-104-92(101)102)107-75(130)50(13)105-78(133)58(27-31-67(95)122)108-77(132)54(94)38-44(2)3)90(145)118-63(40-46(6)7)85(140)106-51(14)76(131)119-72(48(10)11)89(144)113-61(30-34-70(125)126)82(137)109-56(21-18-36-103-91(99)100)80(135)116-65(42-52-23-25-53(121)26-24-52)87(142)115-64(41-47(8)9)86(141)110-55(20-16-17-35-93)79(134)117-66(43-71(127)128)88(143)112-59(28-32-68(96)123)81(136)111-60(29-33-69(97)124)83(138)114-62(74(98)129)39-45(4)5/h23-26,44-51,54-66,72-73,121H,15-22,27-43,93-94H2,1-14H3,(H2,95,122)(H2,96,123)(H2,97,124)(H2,98,129)(H,105,133)(H,106,140)(H,107,130)(H,108,132)(H,109,137)(H,110,141)(H,111,136)(H,112,143)(H,113,144)(H,114,138)(H,115,142)(H,116,135)(H,117,134)(H,118,145)(H,119,131)(H,120,139)(H,125,126)(H,127,128)(H4,99,100,103)(H4,101,102,104). The Hall–Kier alpha value is -14.2. The molecule has 1 aromatic carbocycles. The highest BCUT2D eigenvalue weighted by Crippen LogP contribution is 2.19. The number of rotatable bonds is 72. The highest BCUT2D eigenvalue weighted by molar-refractivity contribution is 6.02. The van der Waals surface area contributed by atoms with Crippen molar-refractivity contribution in [3.63, 3.8) is 0 Å². The third-order valence-electron chi connectivity index (χ3n) is 22.7. The number of benzene rings is 1. The first-order valence-electron chi connectivity index (χ1n) is 48.5. The number of carbonyl (C=O) groups is 22. The predicted octanol–water partition coefficient (Wildman–Crippen LogP) is -6.78. The van der Waals surface area contributed by atoms with Crippen molar-refractivity contribution < 1.29 is 121 Å². The fraction of sp³-hybridized carbons (Fsp3) is 0.674. The second-order valence-electron chi connectivity index (χ2n) is 38.0. The van der Waals surface area contributed by atoms with Crippen LogP contribution in [0.5, 0.6) is 5.75 Å². The molecule has 0 aliphatic rings. The van der Waals surface area contributed by atoms with Crippen LogP contribution in [-0.4, -0.2) is 280 Å². The van der Waals surface area contributed by atoms with Crippen LogP contribution in [0.3, 0.4) is 0 Å². The number of aromatic hydroxyl groups is 1. The third kappa shape index (κ3) is 52.6. The van der Waals surface area contributed by atoms with Gasteiger partial charge in [-0.1, -0.05) is 102 Å². The normalized spacial score (nSPS) is 14.9. The van der Waals surface area contributed by atoms with Gasteiger partial charge in [0.2, 0.25) is 118 Å². The van der Waals surface area contributed by atoms with Crippen molar-refractivity contribution in [1.82, 2.24) is 95.7 Å². The first kappa shape index (κ1) is 129. The van der Waals surface area contributed by atoms with E-state index < -0.39 is 314 Å². The van der Waals surface area contributed by atoms with E-state index in [9.17, 15) is 111 Å². The Balaban J connectivity index is 3.89. The van der Waals surface area contributed by atoms with Crippen LogP contribution in [0.15, 0.2) is 24.3 Å². The molecule has 1 aromatic rings. The third-order valence-corrected chi connectivity index (χ3v) is 22.7. The topological polar surface area (TPSA) is 909 Å². The van der Waals surface area contributed by atoms with Crippen LogP contribution < -0.4 is 142 Å². The second kappa shape index (κ2) is 66.6. The van der Waals surface area contributed by atoms with Crippen molar-refractivity contribution in [1.29, 1.82) is 10.8 Å². The van der Waals surface area contributed by atoms with E-state index in [1.807, 2.05) is 13.8 Å². The maximum Gasteiger partial charge on any atom is 0.305 e. The zero-order valence-corrected chi connectivity index (χ0v) is 85.2. The quantitative estimate of drug-likeness (QED) is 0.0164. The summed E-state index contributed by atoms with van der Waals surface area (Å²) >= 11 is 0. The first-order valence-corrected chi connectivity index (χ1v) is 48.5. The van der Waals surface area contributed by atoms with Crippen molar-refractivity contribution >= 4 is 142 Å². The molecular weight excluding hydrogens is 1900 g/mol. The minimum Gasteiger partial charge on any atom is -0.508 e. The summed E-state index contributed by atoms with van der Waals surface area (Å²) in [5.74, 6) is -27.0. The Kier molecular flexibility index (Phi) is 59.2. The SMILES string of the molecule is CCC(C)C(NC(=O)C(CCCNC(=N)N)NC(=O)C(C)NC(=O)C(CCC(N)=O)NC(=O)C(N)CC(C)C)C(=O)NC(CC(C)C)C(=O)NC(C)C(=O)NC(C(=O)NC(CCC(=O)O)C(=O)NC(CCCNC(=N)N)C(=O)NC(Cc1ccc(O)cc1)C(=O)NC(CC(C)C)C(=O)NC(CCCCN)C(=O)NC(CC(=O)O)C(=O)NC(CCC(N)=O)C(=O)NC(CCC(N)=O)C(=O)NC(CC(C)C)C(N)=O)C(C)C. The molecule has 39 N–H and O–H groups in total. The molecule has 20 amide bonds. The van der Waals surface area contributed by atoms with Gasteiger partial charge in [-0.25, -0.2) is 0 Å². The Morgan fingerprint density at radius 2 is 0.614 bits per heavy atom. The van der Waals surface area contributed by atoms with Crippen LogP contribution in [0.25, 0.3) is 0 Å². The van der Waals surface area contributed by atoms with Gasteiger partial charge >= 0.3 is 11.9 Å². The predicted molar refractivity (Wildman–Crippen MR) is 529 cm³/mol. The van der Waals surface area contributed by atoms with Crippen molar-refractivity contribution in [2.24, 2.45) is 81.4 Å². The number of guanidine groups is 2. The molecule has 0 heterocycles. The lowest BCUT2D eigenvalue weighted by Crippen LogP contribution is -2.61. The molecule has 53 nitrogen and oxygen atoms in total. The molecule has 0 aliphatic carbocycles. The summed E-state index contributed by atoms with van der Waals surface area (Å²) in [7, 11) is 0. The minimum atomic E-state index is -2.09. The smallest absolute Gasteiger partial charge is 0.305 e. The van der Waals surface area contributed by atoms with Gasteiger partial charge in [0.15, 0.2) is 11.9 Å². The molecule has 0 saturated heterocycles. The van der Waals surface area contributed by atoms with Crippen LogP contribution in [0.4, 0.5) is 0 Å². The number of hydrogen-bond donors (Lipinski definition) is 31. The number of unbranched alkanes of at least 4 members (excludes halogenated alkanes) is 1. The highest BCUT2D eigenvalue weighted by atomic mass is 16.4. The van der Waals surface area contributed by atoms with Crippen molar-refractivity contribution in [2.45, 2.75) is 341 Å². The number of phenols is 1. The molecule has 0 saturated carbocycles. The van der Waals surface area contributed by atoms with E-state index >= 15 is 9.59 Å². The van der Waals surface area contributed by atoms with Gasteiger partial charge in [0.25, 0.3) is 0 Å². The zero-order valence-electron chi connectivity index (χ0n) is 85.2. The zero-order chi connectivity index (χ0) is 111. The number of phenolic OH excluding ortho intramolecular Hbond substituents is 1. The van der Waals surface area contributed by atoms with Gasteiger partial charge in [0, 0.05) is 45.2 Å². The van der Waals surface area contributed by atoms with Crippen LogP contribution >= 0.6 is 0 Å². The van der Waals surface area contributed by atoms with Crippen LogP contribution in [-0.2, 0) is 112 Å². The summed E-state index contributed by atoms with van der Waals surface area (Å²) in [6, 6.07) is -21.4. The van der Waals surface area contributed by atoms with Gasteiger partial charge in [0.05, 0.1) is 12.5 Å². The molecule has 816 valence electrons. The number of aliphatic carboxylic acids is 2. The van der Waals surface area contributed by atoms with Gasteiger partial charge in [-0.3, -0.25) is 116 Å². The number of nitrogens with two attached hydrogens (primary N) is 8. The number of amides is 20. The Bertz CT molecular complexity index is 4560. The van der Waals surface area contributed by atoms with Crippen LogP contribution in [0.2, 0.25) is 0 Å². The Morgan fingerprint density at radius 1 is 0.317 bits per heavy atom. The molecule has 18 unspecified atom stereocenters. The number of hydrogen-bond acceptors (Lipinski definition) is 27. The molecule has 1 rings (SSSR count). The maximum absolute atomic E-state index is 15.1.